The maximum absolute atomic E-state index is 7.79. The van der Waals surface area contributed by atoms with Crippen LogP contribution in [0.25, 0.3) is 22.3 Å². The summed E-state index contributed by atoms with van der Waals surface area (Å²) in [5.41, 5.74) is 25.4. The number of nitrogens with zero attached hydrogens (tertiary/aromatic N) is 2. The first-order chi connectivity index (χ1) is 42.2. The molecule has 0 saturated heterocycles. The third-order valence-corrected chi connectivity index (χ3v) is 22.6. The van der Waals surface area contributed by atoms with E-state index < -0.39 is 6.71 Å². The summed E-state index contributed by atoms with van der Waals surface area (Å²) < 4.78 is 31.1. The molecule has 0 N–H and O–H groups in total. The summed E-state index contributed by atoms with van der Waals surface area (Å²) >= 11 is 0. The molecule has 11 aromatic carbocycles. The van der Waals surface area contributed by atoms with E-state index in [9.17, 15) is 0 Å². The Morgan fingerprint density at radius 1 is 0.276 bits per heavy atom. The molecule has 0 spiro atoms. The van der Waals surface area contributed by atoms with Gasteiger partial charge in [0.15, 0.2) is 0 Å². The van der Waals surface area contributed by atoms with Gasteiger partial charge in [-0.05, 0) is 142 Å². The highest BCUT2D eigenvalue weighted by molar-refractivity contribution is 7.05. The van der Waals surface area contributed by atoms with E-state index in [0.29, 0.717) is 0 Å². The van der Waals surface area contributed by atoms with Crippen LogP contribution in [0.3, 0.4) is 0 Å². The molecule has 0 unspecified atom stereocenters. The summed E-state index contributed by atoms with van der Waals surface area (Å²) in [7, 11) is 0. The lowest BCUT2D eigenvalue weighted by Crippen LogP contribution is -2.66. The second-order valence-corrected chi connectivity index (χ2v) is 27.3. The standard InChI is InChI=1S/C78H59B3N2O4/c1-75(2)48-30-17-15-28-46(48)64-50(77(75,5)6)38-40-54-71(64)86-62-42-58-67(73-69(62)79(54)52-32-19-21-36-60(52)84-73)81-66-56(82(58)44-24-11-9-12-25-44)34-23-35-57(66)83(45-26-13-10-14-27-45)59-43-63-70-74(68(59)81)85-61-37-22-20-33-53(61)80(70)55-41-39-51-65(72(55)87-63)47-29-16-18-31-49(47)76(3,4)78(51,7)8/h9-43H,1-8H3. The fourth-order valence-electron chi connectivity index (χ4n) is 17.1. The van der Waals surface area contributed by atoms with E-state index in [-0.39, 0.29) is 35.1 Å². The van der Waals surface area contributed by atoms with Gasteiger partial charge in [-0.15, -0.1) is 0 Å². The van der Waals surface area contributed by atoms with E-state index in [1.54, 1.807) is 0 Å². The predicted octanol–water partition coefficient (Wildman–Crippen LogP) is 13.7. The molecule has 0 atom stereocenters. The van der Waals surface area contributed by atoms with E-state index in [1.165, 1.54) is 44.5 Å². The van der Waals surface area contributed by atoms with Gasteiger partial charge >= 0.3 is 0 Å². The second kappa shape index (κ2) is 16.7. The number of benzene rings is 11. The first kappa shape index (κ1) is 49.7. The van der Waals surface area contributed by atoms with Crippen molar-refractivity contribution in [1.82, 2.24) is 0 Å². The first-order valence-corrected chi connectivity index (χ1v) is 30.9. The summed E-state index contributed by atoms with van der Waals surface area (Å²) in [6.45, 7) is 18.4. The van der Waals surface area contributed by atoms with E-state index in [1.807, 2.05) is 0 Å². The Labute approximate surface area is 509 Å². The number of hydrogen-bond acceptors (Lipinski definition) is 6. The molecule has 0 saturated carbocycles. The molecule has 19 rings (SSSR count). The normalized spacial score (nSPS) is 17.1. The maximum Gasteiger partial charge on any atom is 0.261 e. The van der Waals surface area contributed by atoms with Crippen molar-refractivity contribution in [3.05, 3.63) is 235 Å². The number of ether oxygens (including phenoxy) is 4. The van der Waals surface area contributed by atoms with E-state index in [4.69, 9.17) is 18.9 Å². The van der Waals surface area contributed by atoms with E-state index in [2.05, 4.69) is 278 Å². The van der Waals surface area contributed by atoms with Crippen molar-refractivity contribution in [2.45, 2.75) is 77.0 Å². The van der Waals surface area contributed by atoms with Crippen molar-refractivity contribution in [1.29, 1.82) is 0 Å². The zero-order valence-corrected chi connectivity index (χ0v) is 50.0. The molecule has 6 aliphatic heterocycles. The molecule has 8 aliphatic rings. The van der Waals surface area contributed by atoms with Crippen LogP contribution in [0.5, 0.6) is 46.0 Å². The Balaban J connectivity index is 0.922. The Bertz CT molecular complexity index is 4630. The summed E-state index contributed by atoms with van der Waals surface area (Å²) in [4.78, 5) is 4.92. The number of rotatable bonds is 2. The van der Waals surface area contributed by atoms with Crippen LogP contribution in [0.1, 0.15) is 77.6 Å². The first-order valence-electron chi connectivity index (χ1n) is 30.9. The smallest absolute Gasteiger partial charge is 0.261 e. The molecule has 11 aromatic rings. The zero-order chi connectivity index (χ0) is 58.4. The molecule has 6 nitrogen and oxygen atoms in total. The average Bonchev–Trinajstić information content (AvgIpc) is 0.715. The van der Waals surface area contributed by atoms with Crippen molar-refractivity contribution in [3.63, 3.8) is 0 Å². The second-order valence-electron chi connectivity index (χ2n) is 27.3. The van der Waals surface area contributed by atoms with Crippen LogP contribution in [0.15, 0.2) is 212 Å². The fraction of sp³-hybridized carbons (Fsp3) is 0.154. The lowest BCUT2D eigenvalue weighted by Gasteiger charge is -2.50. The van der Waals surface area contributed by atoms with Crippen molar-refractivity contribution in [3.8, 4) is 68.2 Å². The van der Waals surface area contributed by atoms with E-state index in [0.717, 1.165) is 129 Å². The fourth-order valence-corrected chi connectivity index (χ4v) is 17.1. The van der Waals surface area contributed by atoms with Gasteiger partial charge < -0.3 is 28.7 Å². The Morgan fingerprint density at radius 3 is 1.10 bits per heavy atom. The van der Waals surface area contributed by atoms with Crippen molar-refractivity contribution in [2.24, 2.45) is 0 Å². The lowest BCUT2D eigenvalue weighted by atomic mass is 9.28. The Hall–Kier alpha value is -9.59. The molecule has 2 aliphatic carbocycles. The van der Waals surface area contributed by atoms with Gasteiger partial charge in [0.25, 0.3) is 20.1 Å². The van der Waals surface area contributed by atoms with Crippen LogP contribution in [0, 0.1) is 0 Å². The van der Waals surface area contributed by atoms with Crippen LogP contribution in [0.4, 0.5) is 34.1 Å². The molecule has 87 heavy (non-hydrogen) atoms. The van der Waals surface area contributed by atoms with Gasteiger partial charge in [0.2, 0.25) is 0 Å². The van der Waals surface area contributed by atoms with Gasteiger partial charge in [-0.2, -0.15) is 0 Å². The van der Waals surface area contributed by atoms with Gasteiger partial charge in [0.1, 0.15) is 46.0 Å². The number of para-hydroxylation sites is 4. The molecule has 0 bridgehead atoms. The number of fused-ring (bicyclic) bond motifs is 22. The Morgan fingerprint density at radius 2 is 0.655 bits per heavy atom. The highest BCUT2D eigenvalue weighted by Gasteiger charge is 2.56. The van der Waals surface area contributed by atoms with Crippen LogP contribution < -0.4 is 77.9 Å². The minimum absolute atomic E-state index is 0.149. The Kier molecular flexibility index (Phi) is 9.52. The predicted molar refractivity (Wildman–Crippen MR) is 359 cm³/mol. The quantitative estimate of drug-likeness (QED) is 0.161. The van der Waals surface area contributed by atoms with Crippen LogP contribution >= 0.6 is 0 Å². The van der Waals surface area contributed by atoms with Gasteiger partial charge in [-0.1, -0.05) is 207 Å². The summed E-state index contributed by atoms with van der Waals surface area (Å²) in [5.74, 6) is 6.74. The molecule has 0 aromatic heterocycles. The molecule has 6 heterocycles. The minimum Gasteiger partial charge on any atom is -0.459 e. The van der Waals surface area contributed by atoms with Crippen LogP contribution in [-0.2, 0) is 21.7 Å². The zero-order valence-electron chi connectivity index (χ0n) is 50.0. The van der Waals surface area contributed by atoms with Gasteiger partial charge in [0.05, 0.1) is 0 Å². The van der Waals surface area contributed by atoms with E-state index >= 15 is 0 Å². The summed E-state index contributed by atoms with van der Waals surface area (Å²) in [6, 6.07) is 78.2. The third kappa shape index (κ3) is 6.05. The maximum atomic E-state index is 7.79. The molecule has 0 radical (unpaired) electrons. The molecular weight excluding hydrogens is 1060 g/mol. The molecule has 9 heteroatoms. The van der Waals surface area contributed by atoms with Gasteiger partial charge in [-0.3, -0.25) is 0 Å². The SMILES string of the molecule is CC1(C)c2ccccc2-c2c(ccc3c2Oc2cc4c(c5c2B3c2ccccc2O5)B2c3c(cccc3N(c3ccccc3)c3cc5c6c(c32)Oc2ccccc2B6c2ccc3c(c2O5)-c2ccccc2C(C)(C)C3(C)C)N4c2ccccc2)C1(C)C. The molecule has 0 amide bonds. The largest absolute Gasteiger partial charge is 0.459 e. The summed E-state index contributed by atoms with van der Waals surface area (Å²) in [6.07, 6.45) is 0. The topological polar surface area (TPSA) is 43.4 Å². The molecular formula is C78H59B3N2O4. The average molecular weight is 1120 g/mol. The monoisotopic (exact) mass is 1120 g/mol. The van der Waals surface area contributed by atoms with Gasteiger partial charge in [-0.25, -0.2) is 0 Å². The van der Waals surface area contributed by atoms with Crippen LogP contribution in [0.2, 0.25) is 0 Å². The van der Waals surface area contributed by atoms with Crippen molar-refractivity contribution >= 4 is 103 Å². The third-order valence-electron chi connectivity index (χ3n) is 22.6. The van der Waals surface area contributed by atoms with Crippen molar-refractivity contribution < 1.29 is 18.9 Å². The number of anilines is 6. The van der Waals surface area contributed by atoms with Gasteiger partial charge in [0, 0.05) is 68.3 Å². The summed E-state index contributed by atoms with van der Waals surface area (Å²) in [5, 5.41) is 0. The molecule has 414 valence electrons. The highest BCUT2D eigenvalue weighted by Crippen LogP contribution is 2.60. The number of hydrogen-bond donors (Lipinski definition) is 0. The highest BCUT2D eigenvalue weighted by atomic mass is 16.5. The minimum atomic E-state index is -0.404. The lowest BCUT2D eigenvalue weighted by molar-refractivity contribution is 0.298. The van der Waals surface area contributed by atoms with Crippen molar-refractivity contribution in [2.75, 3.05) is 9.80 Å². The molecule has 0 fully saturated rings. The van der Waals surface area contributed by atoms with Crippen LogP contribution in [-0.4, -0.2) is 20.1 Å².